The molecule has 2 N–H and O–H groups in total. The molecule has 90 valence electrons. The Morgan fingerprint density at radius 3 is 2.33 bits per heavy atom. The van der Waals surface area contributed by atoms with Gasteiger partial charge in [-0.3, -0.25) is 0 Å². The first-order chi connectivity index (χ1) is 6.97. The van der Waals surface area contributed by atoms with Crippen LogP contribution in [0.1, 0.15) is 34.1 Å². The fourth-order valence-electron chi connectivity index (χ4n) is 1.97. The molecule has 0 saturated carbocycles. The minimum Gasteiger partial charge on any atom is -0.388 e. The van der Waals surface area contributed by atoms with Gasteiger partial charge in [0, 0.05) is 0 Å². The van der Waals surface area contributed by atoms with Gasteiger partial charge in [-0.25, -0.2) is 0 Å². The Bertz CT molecular complexity index is 195. The zero-order valence-corrected chi connectivity index (χ0v) is 9.88. The zero-order valence-electron chi connectivity index (χ0n) is 9.88. The lowest BCUT2D eigenvalue weighted by atomic mass is 9.94. The van der Waals surface area contributed by atoms with Gasteiger partial charge in [0.2, 0.25) is 0 Å². The second-order valence-electron chi connectivity index (χ2n) is 4.42. The maximum Gasteiger partial charge on any atom is 0.112 e. The highest BCUT2D eigenvalue weighted by atomic mass is 16.6. The third-order valence-electron chi connectivity index (χ3n) is 2.75. The quantitative estimate of drug-likeness (QED) is 0.732. The van der Waals surface area contributed by atoms with Crippen LogP contribution in [0.15, 0.2) is 0 Å². The van der Waals surface area contributed by atoms with E-state index in [2.05, 4.69) is 0 Å². The van der Waals surface area contributed by atoms with E-state index in [0.717, 1.165) is 0 Å². The highest BCUT2D eigenvalue weighted by molar-refractivity contribution is 4.91. The maximum absolute atomic E-state index is 9.90. The number of hydrogen-bond acceptors (Lipinski definition) is 4. The lowest BCUT2D eigenvalue weighted by Gasteiger charge is -2.42. The molecule has 0 radical (unpaired) electrons. The molecule has 0 spiro atoms. The predicted molar refractivity (Wildman–Crippen MR) is 56.6 cm³/mol. The Kier molecular flexibility index (Phi) is 4.52. The van der Waals surface area contributed by atoms with Gasteiger partial charge in [-0.05, 0) is 27.2 Å². The molecule has 4 nitrogen and oxygen atoms in total. The van der Waals surface area contributed by atoms with E-state index in [1.807, 2.05) is 27.7 Å². The maximum atomic E-state index is 9.90. The average molecular weight is 218 g/mol. The average Bonchev–Trinajstić information content (AvgIpc) is 2.18. The van der Waals surface area contributed by atoms with Crippen molar-refractivity contribution in [1.82, 2.24) is 0 Å². The summed E-state index contributed by atoms with van der Waals surface area (Å²) in [6.07, 6.45) is -1.92. The molecule has 1 rings (SSSR count). The van der Waals surface area contributed by atoms with E-state index in [4.69, 9.17) is 9.47 Å². The lowest BCUT2D eigenvalue weighted by Crippen LogP contribution is -2.57. The third-order valence-corrected chi connectivity index (χ3v) is 2.75. The van der Waals surface area contributed by atoms with Gasteiger partial charge in [0.15, 0.2) is 0 Å². The van der Waals surface area contributed by atoms with Crippen molar-refractivity contribution in [2.75, 3.05) is 0 Å². The molecular weight excluding hydrogens is 196 g/mol. The molecule has 1 aliphatic heterocycles. The molecule has 0 amide bonds. The van der Waals surface area contributed by atoms with Crippen LogP contribution in [0.3, 0.4) is 0 Å². The Balaban J connectivity index is 2.66. The molecule has 0 aromatic carbocycles. The highest BCUT2D eigenvalue weighted by Gasteiger charge is 2.42. The summed E-state index contributed by atoms with van der Waals surface area (Å²) in [6.45, 7) is 7.59. The van der Waals surface area contributed by atoms with Crippen LogP contribution >= 0.6 is 0 Å². The molecule has 1 aliphatic rings. The second kappa shape index (κ2) is 5.25. The van der Waals surface area contributed by atoms with Crippen LogP contribution in [0.25, 0.3) is 0 Å². The number of ether oxygens (including phenoxy) is 2. The van der Waals surface area contributed by atoms with Gasteiger partial charge in [-0.1, -0.05) is 6.92 Å². The molecule has 1 fully saturated rings. The first-order valence-corrected chi connectivity index (χ1v) is 5.64. The van der Waals surface area contributed by atoms with Gasteiger partial charge in [0.1, 0.15) is 18.3 Å². The summed E-state index contributed by atoms with van der Waals surface area (Å²) in [6, 6.07) is 0. The van der Waals surface area contributed by atoms with E-state index in [-0.39, 0.29) is 18.3 Å². The number of aliphatic hydroxyl groups excluding tert-OH is 2. The fourth-order valence-corrected chi connectivity index (χ4v) is 1.97. The van der Waals surface area contributed by atoms with Gasteiger partial charge >= 0.3 is 0 Å². The van der Waals surface area contributed by atoms with Crippen LogP contribution in [0.5, 0.6) is 0 Å². The minimum absolute atomic E-state index is 0.0149. The van der Waals surface area contributed by atoms with E-state index in [1.54, 1.807) is 0 Å². The van der Waals surface area contributed by atoms with Crippen molar-refractivity contribution in [3.05, 3.63) is 0 Å². The Hall–Kier alpha value is -0.160. The Morgan fingerprint density at radius 1 is 1.27 bits per heavy atom. The lowest BCUT2D eigenvalue weighted by molar-refractivity contribution is -0.238. The van der Waals surface area contributed by atoms with Crippen molar-refractivity contribution in [3.8, 4) is 0 Å². The largest absolute Gasteiger partial charge is 0.388 e. The van der Waals surface area contributed by atoms with Crippen LogP contribution in [0.2, 0.25) is 0 Å². The molecule has 1 saturated heterocycles. The third kappa shape index (κ3) is 2.91. The smallest absolute Gasteiger partial charge is 0.112 e. The van der Waals surface area contributed by atoms with Gasteiger partial charge in [0.25, 0.3) is 0 Å². The molecule has 1 heterocycles. The SMILES string of the molecule is CCC1OC(C)C(OC(C)C)C(O)C1O. The fraction of sp³-hybridized carbons (Fsp3) is 1.00. The molecule has 5 atom stereocenters. The summed E-state index contributed by atoms with van der Waals surface area (Å²) in [5, 5.41) is 19.7. The van der Waals surface area contributed by atoms with Crippen LogP contribution in [-0.4, -0.2) is 46.8 Å². The normalized spacial score (nSPS) is 42.2. The summed E-state index contributed by atoms with van der Waals surface area (Å²) in [5.41, 5.74) is 0. The van der Waals surface area contributed by atoms with Gasteiger partial charge in [-0.2, -0.15) is 0 Å². The molecular formula is C11H22O4. The molecule has 4 heteroatoms. The first-order valence-electron chi connectivity index (χ1n) is 5.64. The summed E-state index contributed by atoms with van der Waals surface area (Å²) in [4.78, 5) is 0. The van der Waals surface area contributed by atoms with Crippen molar-refractivity contribution in [1.29, 1.82) is 0 Å². The molecule has 0 aliphatic carbocycles. The van der Waals surface area contributed by atoms with Crippen molar-refractivity contribution in [3.63, 3.8) is 0 Å². The van der Waals surface area contributed by atoms with Gasteiger partial charge in [0.05, 0.1) is 18.3 Å². The highest BCUT2D eigenvalue weighted by Crippen LogP contribution is 2.25. The molecule has 0 bridgehead atoms. The number of hydrogen-bond donors (Lipinski definition) is 2. The molecule has 0 aromatic heterocycles. The molecule has 15 heavy (non-hydrogen) atoms. The van der Waals surface area contributed by atoms with Crippen molar-refractivity contribution < 1.29 is 19.7 Å². The second-order valence-corrected chi connectivity index (χ2v) is 4.42. The predicted octanol–water partition coefficient (Wildman–Crippen LogP) is 0.699. The van der Waals surface area contributed by atoms with E-state index < -0.39 is 18.3 Å². The van der Waals surface area contributed by atoms with E-state index in [1.165, 1.54) is 0 Å². The van der Waals surface area contributed by atoms with Crippen molar-refractivity contribution >= 4 is 0 Å². The van der Waals surface area contributed by atoms with Crippen LogP contribution in [0.4, 0.5) is 0 Å². The van der Waals surface area contributed by atoms with Crippen LogP contribution in [-0.2, 0) is 9.47 Å². The monoisotopic (exact) mass is 218 g/mol. The molecule has 0 aromatic rings. The summed E-state index contributed by atoms with van der Waals surface area (Å²) in [5.74, 6) is 0. The number of aliphatic hydroxyl groups is 2. The Morgan fingerprint density at radius 2 is 1.87 bits per heavy atom. The first kappa shape index (κ1) is 12.9. The van der Waals surface area contributed by atoms with Gasteiger partial charge in [-0.15, -0.1) is 0 Å². The van der Waals surface area contributed by atoms with Gasteiger partial charge < -0.3 is 19.7 Å². The number of rotatable bonds is 3. The summed E-state index contributed by atoms with van der Waals surface area (Å²) >= 11 is 0. The molecule has 5 unspecified atom stereocenters. The van der Waals surface area contributed by atoms with Crippen LogP contribution in [0, 0.1) is 0 Å². The van der Waals surface area contributed by atoms with E-state index >= 15 is 0 Å². The zero-order chi connectivity index (χ0) is 11.6. The standard InChI is InChI=1S/C11H22O4/c1-5-8-9(12)10(13)11(7(4)15-8)14-6(2)3/h6-13H,5H2,1-4H3. The van der Waals surface area contributed by atoms with E-state index in [0.29, 0.717) is 6.42 Å². The van der Waals surface area contributed by atoms with Crippen LogP contribution < -0.4 is 0 Å². The summed E-state index contributed by atoms with van der Waals surface area (Å²) < 4.78 is 11.1. The van der Waals surface area contributed by atoms with Crippen molar-refractivity contribution in [2.45, 2.75) is 70.7 Å². The Labute approximate surface area is 91.2 Å². The van der Waals surface area contributed by atoms with E-state index in [9.17, 15) is 10.2 Å². The van der Waals surface area contributed by atoms with Crippen molar-refractivity contribution in [2.24, 2.45) is 0 Å². The minimum atomic E-state index is -0.860. The topological polar surface area (TPSA) is 58.9 Å². The summed E-state index contributed by atoms with van der Waals surface area (Å²) in [7, 11) is 0.